The zero-order valence-corrected chi connectivity index (χ0v) is 41.0. The van der Waals surface area contributed by atoms with Gasteiger partial charge >= 0.3 is 0 Å². The van der Waals surface area contributed by atoms with Gasteiger partial charge in [-0.3, -0.25) is 29.0 Å². The second-order valence-electron chi connectivity index (χ2n) is 20.0. The van der Waals surface area contributed by atoms with E-state index in [1.807, 2.05) is 27.7 Å². The molecule has 0 spiro atoms. The van der Waals surface area contributed by atoms with Crippen molar-refractivity contribution in [1.82, 2.24) is 9.80 Å². The van der Waals surface area contributed by atoms with Gasteiger partial charge in [0.25, 0.3) is 23.6 Å². The molecule has 2 aliphatic rings. The molecule has 2 heterocycles. The van der Waals surface area contributed by atoms with Crippen LogP contribution in [-0.4, -0.2) is 45.5 Å². The molecule has 5 aromatic carbocycles. The van der Waals surface area contributed by atoms with Crippen LogP contribution in [0.3, 0.4) is 0 Å². The van der Waals surface area contributed by atoms with Gasteiger partial charge in [0.05, 0.1) is 22.3 Å². The fourth-order valence-corrected chi connectivity index (χ4v) is 11.8. The molecule has 344 valence electrons. The monoisotopic (exact) mass is 867 g/mol. The molecule has 64 heavy (non-hydrogen) atoms. The topological polar surface area (TPSA) is 74.8 Å². The molecule has 6 heteroatoms. The summed E-state index contributed by atoms with van der Waals surface area (Å²) in [4.78, 5) is 63.6. The molecule has 5 aromatic rings. The molecule has 2 aliphatic heterocycles. The molecule has 0 unspecified atom stereocenters. The summed E-state index contributed by atoms with van der Waals surface area (Å²) in [5, 5.41) is 7.32. The van der Waals surface area contributed by atoms with Crippen molar-refractivity contribution in [2.75, 3.05) is 0 Å². The van der Waals surface area contributed by atoms with Gasteiger partial charge in [-0.2, -0.15) is 0 Å². The van der Waals surface area contributed by atoms with Gasteiger partial charge in [0.2, 0.25) is 0 Å². The molecular weight excluding hydrogens is 789 g/mol. The molecule has 0 N–H and O–H groups in total. The van der Waals surface area contributed by atoms with Crippen LogP contribution >= 0.6 is 0 Å². The molecule has 0 saturated carbocycles. The third kappa shape index (κ3) is 8.98. The summed E-state index contributed by atoms with van der Waals surface area (Å²) in [6, 6.07) is 8.36. The Balaban J connectivity index is 1.35. The molecule has 6 nitrogen and oxygen atoms in total. The summed E-state index contributed by atoms with van der Waals surface area (Å²) in [6.45, 7) is 17.0. The molecule has 0 aromatic heterocycles. The van der Waals surface area contributed by atoms with Crippen molar-refractivity contribution in [3.05, 3.63) is 68.8 Å². The number of imide groups is 2. The maximum atomic E-state index is 15.1. The SMILES string of the molecule is CCCCCCCC(CCCCCCC)N1C(=O)c2c(C)cc3c4cc(C)c5c6c(c(C)cc(c7cc(C)c(c2c37)C1=O)c64)C(=O)N(C(CCCCCCC)CCCCCCC)C5=O. The third-order valence-corrected chi connectivity index (χ3v) is 15.2. The molecule has 0 atom stereocenters. The van der Waals surface area contributed by atoms with Crippen LogP contribution in [0.4, 0.5) is 0 Å². The van der Waals surface area contributed by atoms with E-state index >= 15 is 19.2 Å². The molecule has 4 amide bonds. The number of aryl methyl sites for hydroxylation is 4. The molecule has 0 aliphatic carbocycles. The van der Waals surface area contributed by atoms with Crippen molar-refractivity contribution >= 4 is 66.7 Å². The van der Waals surface area contributed by atoms with Crippen molar-refractivity contribution < 1.29 is 19.2 Å². The summed E-state index contributed by atoms with van der Waals surface area (Å²) in [5.74, 6) is -0.629. The van der Waals surface area contributed by atoms with Crippen LogP contribution in [0.25, 0.3) is 43.1 Å². The number of carbonyl (C=O) groups excluding carboxylic acids is 4. The van der Waals surface area contributed by atoms with Crippen molar-refractivity contribution in [2.24, 2.45) is 0 Å². The second-order valence-corrected chi connectivity index (χ2v) is 20.0. The normalized spacial score (nSPS) is 14.2. The fourth-order valence-electron chi connectivity index (χ4n) is 11.8. The third-order valence-electron chi connectivity index (χ3n) is 15.2. The van der Waals surface area contributed by atoms with Crippen molar-refractivity contribution in [2.45, 2.75) is 222 Å². The fraction of sp³-hybridized carbons (Fsp3) is 0.586. The van der Waals surface area contributed by atoms with Crippen LogP contribution in [0.15, 0.2) is 24.3 Å². The average molecular weight is 867 g/mol. The Kier molecular flexibility index (Phi) is 15.9. The van der Waals surface area contributed by atoms with E-state index in [4.69, 9.17) is 0 Å². The van der Waals surface area contributed by atoms with E-state index in [0.717, 1.165) is 142 Å². The number of hydrogen-bond donors (Lipinski definition) is 0. The zero-order valence-electron chi connectivity index (χ0n) is 41.0. The number of fused-ring (bicyclic) bond motifs is 2. The highest BCUT2D eigenvalue weighted by Crippen LogP contribution is 2.50. The van der Waals surface area contributed by atoms with Crippen LogP contribution < -0.4 is 0 Å². The van der Waals surface area contributed by atoms with Crippen LogP contribution in [0.1, 0.15) is 245 Å². The van der Waals surface area contributed by atoms with Crippen molar-refractivity contribution in [1.29, 1.82) is 0 Å². The van der Waals surface area contributed by atoms with Gasteiger partial charge in [0.15, 0.2) is 0 Å². The summed E-state index contributed by atoms with van der Waals surface area (Å²) in [6.07, 6.45) is 26.2. The molecule has 0 fully saturated rings. The van der Waals surface area contributed by atoms with Gasteiger partial charge in [-0.05, 0) is 132 Å². The molecular formula is C58H78N2O4. The van der Waals surface area contributed by atoms with Crippen molar-refractivity contribution in [3.63, 3.8) is 0 Å². The van der Waals surface area contributed by atoms with Crippen LogP contribution in [-0.2, 0) is 0 Å². The lowest BCUT2D eigenvalue weighted by Crippen LogP contribution is -2.48. The first-order chi connectivity index (χ1) is 31.0. The van der Waals surface area contributed by atoms with Crippen molar-refractivity contribution in [3.8, 4) is 0 Å². The van der Waals surface area contributed by atoms with Gasteiger partial charge in [-0.15, -0.1) is 0 Å². The standard InChI is InChI=1S/C58H78N2O4/c1-9-13-17-21-25-29-41(30-26-22-18-14-10-2)59-55(61)47-37(5)33-43-45-35-39(7)49-54-50(40(8)36-46(52(45)54)44-34-38(6)48(56(59)62)53(47)51(43)44)58(64)60(57(49)63)42(31-27-23-19-15-11-3)32-28-24-20-16-12-4/h33-36,41-42H,9-32H2,1-8H3. The minimum absolute atomic E-state index is 0.129. The Bertz CT molecular complexity index is 2180. The van der Waals surface area contributed by atoms with Crippen LogP contribution in [0.5, 0.6) is 0 Å². The average Bonchev–Trinajstić information content (AvgIpc) is 3.26. The Hall–Kier alpha value is -4.32. The van der Waals surface area contributed by atoms with E-state index in [0.29, 0.717) is 22.3 Å². The summed E-state index contributed by atoms with van der Waals surface area (Å²) in [7, 11) is 0. The van der Waals surface area contributed by atoms with Gasteiger partial charge < -0.3 is 0 Å². The van der Waals surface area contributed by atoms with E-state index in [-0.39, 0.29) is 35.7 Å². The van der Waals surface area contributed by atoms with Gasteiger partial charge in [0, 0.05) is 22.9 Å². The van der Waals surface area contributed by atoms with Crippen LogP contribution in [0, 0.1) is 27.7 Å². The summed E-state index contributed by atoms with van der Waals surface area (Å²) in [5.41, 5.74) is 6.07. The van der Waals surface area contributed by atoms with E-state index in [2.05, 4.69) is 52.0 Å². The number of nitrogens with zero attached hydrogens (tertiary/aromatic N) is 2. The highest BCUT2D eigenvalue weighted by Gasteiger charge is 2.42. The number of hydrogen-bond acceptors (Lipinski definition) is 4. The lowest BCUT2D eigenvalue weighted by Gasteiger charge is -2.37. The Morgan fingerprint density at radius 3 is 0.766 bits per heavy atom. The van der Waals surface area contributed by atoms with Gasteiger partial charge in [-0.25, -0.2) is 0 Å². The quantitative estimate of drug-likeness (QED) is 0.0240. The number of amides is 4. The Morgan fingerprint density at radius 2 is 0.547 bits per heavy atom. The first kappa shape index (κ1) is 47.6. The maximum absolute atomic E-state index is 15.1. The predicted octanol–water partition coefficient (Wildman–Crippen LogP) is 16.3. The first-order valence-electron chi connectivity index (χ1n) is 26.0. The lowest BCUT2D eigenvalue weighted by atomic mass is 9.77. The number of rotatable bonds is 26. The smallest absolute Gasteiger partial charge is 0.261 e. The molecule has 0 bridgehead atoms. The van der Waals surface area contributed by atoms with Gasteiger partial charge in [0.1, 0.15) is 0 Å². The zero-order chi connectivity index (χ0) is 45.7. The Morgan fingerprint density at radius 1 is 0.328 bits per heavy atom. The summed E-state index contributed by atoms with van der Waals surface area (Å²) >= 11 is 0. The van der Waals surface area contributed by atoms with E-state index < -0.39 is 0 Å². The largest absolute Gasteiger partial charge is 0.271 e. The minimum atomic E-state index is -0.157. The second kappa shape index (κ2) is 21.3. The lowest BCUT2D eigenvalue weighted by molar-refractivity contribution is 0.0500. The molecule has 7 rings (SSSR count). The summed E-state index contributed by atoms with van der Waals surface area (Å²) < 4.78 is 0. The first-order valence-corrected chi connectivity index (χ1v) is 26.0. The van der Waals surface area contributed by atoms with E-state index in [9.17, 15) is 0 Å². The predicted molar refractivity (Wildman–Crippen MR) is 269 cm³/mol. The van der Waals surface area contributed by atoms with E-state index in [1.165, 1.54) is 77.0 Å². The minimum Gasteiger partial charge on any atom is -0.271 e. The highest BCUT2D eigenvalue weighted by atomic mass is 16.2. The van der Waals surface area contributed by atoms with E-state index in [1.54, 1.807) is 9.80 Å². The number of unbranched alkanes of at least 4 members (excludes halogenated alkanes) is 16. The number of benzene rings is 5. The van der Waals surface area contributed by atoms with Gasteiger partial charge in [-0.1, -0.05) is 156 Å². The maximum Gasteiger partial charge on any atom is 0.261 e. The van der Waals surface area contributed by atoms with Crippen LogP contribution in [0.2, 0.25) is 0 Å². The highest BCUT2D eigenvalue weighted by molar-refractivity contribution is 6.42. The Labute approximate surface area is 384 Å². The molecule has 0 saturated heterocycles. The molecule has 0 radical (unpaired) electrons. The number of carbonyl (C=O) groups is 4.